The summed E-state index contributed by atoms with van der Waals surface area (Å²) >= 11 is 0. The molecule has 3 heteroatoms. The van der Waals surface area contributed by atoms with E-state index in [4.69, 9.17) is 0 Å². The van der Waals surface area contributed by atoms with Gasteiger partial charge in [0.05, 0.1) is 0 Å². The third-order valence-electron chi connectivity index (χ3n) is 3.57. The molecule has 82 valence electrons. The van der Waals surface area contributed by atoms with E-state index in [0.29, 0.717) is 5.92 Å². The minimum absolute atomic E-state index is 0.117. The highest BCUT2D eigenvalue weighted by molar-refractivity contribution is 4.82. The van der Waals surface area contributed by atoms with Gasteiger partial charge < -0.3 is 5.32 Å². The van der Waals surface area contributed by atoms with Crippen LogP contribution in [0.3, 0.4) is 0 Å². The molecule has 2 rings (SSSR count). The first-order valence-corrected chi connectivity index (χ1v) is 5.74. The van der Waals surface area contributed by atoms with Crippen molar-refractivity contribution in [2.45, 2.75) is 44.4 Å². The zero-order valence-electron chi connectivity index (χ0n) is 8.57. The molecule has 2 aliphatic rings. The van der Waals surface area contributed by atoms with Crippen molar-refractivity contribution >= 4 is 0 Å². The van der Waals surface area contributed by atoms with Gasteiger partial charge in [-0.2, -0.15) is 0 Å². The summed E-state index contributed by atoms with van der Waals surface area (Å²) in [5, 5.41) is 3.30. The van der Waals surface area contributed by atoms with E-state index < -0.39 is 5.92 Å². The molecule has 1 N–H and O–H groups in total. The fraction of sp³-hybridized carbons (Fsp3) is 1.00. The van der Waals surface area contributed by atoms with Crippen molar-refractivity contribution < 1.29 is 8.78 Å². The molecule has 1 saturated heterocycles. The summed E-state index contributed by atoms with van der Waals surface area (Å²) in [6.45, 7) is 2.12. The highest BCUT2D eigenvalue weighted by atomic mass is 19.3. The molecule has 2 atom stereocenters. The van der Waals surface area contributed by atoms with Gasteiger partial charge in [0.25, 0.3) is 0 Å². The van der Waals surface area contributed by atoms with Crippen LogP contribution in [0.5, 0.6) is 0 Å². The van der Waals surface area contributed by atoms with E-state index in [-0.39, 0.29) is 18.8 Å². The summed E-state index contributed by atoms with van der Waals surface area (Å²) in [7, 11) is 0. The van der Waals surface area contributed by atoms with Crippen molar-refractivity contribution in [3.8, 4) is 0 Å². The molecule has 1 heterocycles. The Morgan fingerprint density at radius 3 is 2.71 bits per heavy atom. The average Bonchev–Trinajstić information content (AvgIpc) is 2.54. The summed E-state index contributed by atoms with van der Waals surface area (Å²) in [6.07, 6.45) is 4.20. The first-order valence-electron chi connectivity index (χ1n) is 5.74. The summed E-state index contributed by atoms with van der Waals surface area (Å²) in [6, 6.07) is 0. The summed E-state index contributed by atoms with van der Waals surface area (Å²) in [4.78, 5) is 0. The lowest BCUT2D eigenvalue weighted by Gasteiger charge is -2.30. The Morgan fingerprint density at radius 1 is 1.21 bits per heavy atom. The predicted molar refractivity (Wildman–Crippen MR) is 52.5 cm³/mol. The van der Waals surface area contributed by atoms with Crippen molar-refractivity contribution in [1.29, 1.82) is 0 Å². The Hall–Kier alpha value is -0.180. The van der Waals surface area contributed by atoms with Crippen LogP contribution in [0.25, 0.3) is 0 Å². The summed E-state index contributed by atoms with van der Waals surface area (Å²) in [5.74, 6) is -1.42. The average molecular weight is 203 g/mol. The number of hydrogen-bond acceptors (Lipinski definition) is 1. The second-order valence-corrected chi connectivity index (χ2v) is 4.91. The van der Waals surface area contributed by atoms with E-state index in [9.17, 15) is 8.78 Å². The van der Waals surface area contributed by atoms with E-state index >= 15 is 0 Å². The Morgan fingerprint density at radius 2 is 2.07 bits per heavy atom. The number of rotatable bonds is 2. The van der Waals surface area contributed by atoms with Crippen LogP contribution in [0.15, 0.2) is 0 Å². The zero-order chi connectivity index (χ0) is 10.0. The molecule has 0 bridgehead atoms. The van der Waals surface area contributed by atoms with Gasteiger partial charge in [0.1, 0.15) is 0 Å². The van der Waals surface area contributed by atoms with Crippen LogP contribution in [-0.2, 0) is 0 Å². The SMILES string of the molecule is FC1(F)CCCC(CC2CCNC2)C1. The Kier molecular flexibility index (Phi) is 3.05. The lowest BCUT2D eigenvalue weighted by atomic mass is 9.81. The molecule has 2 fully saturated rings. The van der Waals surface area contributed by atoms with Crippen LogP contribution in [0.1, 0.15) is 38.5 Å². The van der Waals surface area contributed by atoms with Gasteiger partial charge in [0, 0.05) is 12.8 Å². The molecular weight excluding hydrogens is 184 g/mol. The molecule has 0 aromatic carbocycles. The molecule has 1 nitrogen and oxygen atoms in total. The lowest BCUT2D eigenvalue weighted by Crippen LogP contribution is -2.27. The van der Waals surface area contributed by atoms with Crippen LogP contribution in [0.4, 0.5) is 8.78 Å². The van der Waals surface area contributed by atoms with Gasteiger partial charge in [-0.25, -0.2) is 8.78 Å². The molecule has 14 heavy (non-hydrogen) atoms. The standard InChI is InChI=1S/C11H19F2N/c12-11(13)4-1-2-9(7-11)6-10-3-5-14-8-10/h9-10,14H,1-8H2. The Labute approximate surface area is 84.3 Å². The highest BCUT2D eigenvalue weighted by Gasteiger charge is 2.37. The van der Waals surface area contributed by atoms with E-state index in [1.807, 2.05) is 0 Å². The molecule has 0 aromatic heterocycles. The van der Waals surface area contributed by atoms with Gasteiger partial charge in [0.15, 0.2) is 0 Å². The second-order valence-electron chi connectivity index (χ2n) is 4.91. The van der Waals surface area contributed by atoms with Crippen LogP contribution in [-0.4, -0.2) is 19.0 Å². The Balaban J connectivity index is 1.79. The third-order valence-corrected chi connectivity index (χ3v) is 3.57. The van der Waals surface area contributed by atoms with Crippen molar-refractivity contribution in [2.75, 3.05) is 13.1 Å². The molecule has 1 saturated carbocycles. The van der Waals surface area contributed by atoms with Crippen LogP contribution in [0, 0.1) is 11.8 Å². The number of nitrogens with one attached hydrogen (secondary N) is 1. The van der Waals surface area contributed by atoms with Gasteiger partial charge in [-0.1, -0.05) is 6.42 Å². The van der Waals surface area contributed by atoms with Crippen molar-refractivity contribution in [1.82, 2.24) is 5.32 Å². The van der Waals surface area contributed by atoms with Gasteiger partial charge in [-0.3, -0.25) is 0 Å². The number of hydrogen-bond donors (Lipinski definition) is 1. The smallest absolute Gasteiger partial charge is 0.248 e. The first-order chi connectivity index (χ1) is 6.66. The number of halogens is 2. The molecular formula is C11H19F2N. The molecule has 1 aliphatic heterocycles. The normalized spacial score (nSPS) is 37.3. The van der Waals surface area contributed by atoms with E-state index in [0.717, 1.165) is 32.4 Å². The fourth-order valence-electron chi connectivity index (χ4n) is 2.86. The first kappa shape index (κ1) is 10.3. The van der Waals surface area contributed by atoms with E-state index in [2.05, 4.69) is 5.32 Å². The van der Waals surface area contributed by atoms with Crippen LogP contribution in [0.2, 0.25) is 0 Å². The summed E-state index contributed by atoms with van der Waals surface area (Å²) < 4.78 is 26.2. The van der Waals surface area contributed by atoms with Crippen molar-refractivity contribution in [3.63, 3.8) is 0 Å². The van der Waals surface area contributed by atoms with Gasteiger partial charge >= 0.3 is 0 Å². The monoisotopic (exact) mass is 203 g/mol. The minimum atomic E-state index is -2.37. The van der Waals surface area contributed by atoms with Gasteiger partial charge in [-0.15, -0.1) is 0 Å². The largest absolute Gasteiger partial charge is 0.316 e. The van der Waals surface area contributed by atoms with Crippen molar-refractivity contribution in [3.05, 3.63) is 0 Å². The summed E-state index contributed by atoms with van der Waals surface area (Å²) in [5.41, 5.74) is 0. The quantitative estimate of drug-likeness (QED) is 0.727. The molecule has 0 amide bonds. The number of alkyl halides is 2. The minimum Gasteiger partial charge on any atom is -0.316 e. The maximum absolute atomic E-state index is 13.1. The van der Waals surface area contributed by atoms with E-state index in [1.165, 1.54) is 6.42 Å². The fourth-order valence-corrected chi connectivity index (χ4v) is 2.86. The predicted octanol–water partition coefficient (Wildman–Crippen LogP) is 2.81. The van der Waals surface area contributed by atoms with Gasteiger partial charge in [0.2, 0.25) is 5.92 Å². The lowest BCUT2D eigenvalue weighted by molar-refractivity contribution is -0.0553. The molecule has 2 unspecified atom stereocenters. The maximum atomic E-state index is 13.1. The zero-order valence-corrected chi connectivity index (χ0v) is 8.57. The van der Waals surface area contributed by atoms with Crippen molar-refractivity contribution in [2.24, 2.45) is 11.8 Å². The van der Waals surface area contributed by atoms with Crippen LogP contribution >= 0.6 is 0 Å². The second kappa shape index (κ2) is 4.13. The van der Waals surface area contributed by atoms with E-state index in [1.54, 1.807) is 0 Å². The molecule has 0 aromatic rings. The molecule has 1 aliphatic carbocycles. The Bertz CT molecular complexity index is 188. The third kappa shape index (κ3) is 2.66. The molecule has 0 spiro atoms. The molecule has 0 radical (unpaired) electrons. The van der Waals surface area contributed by atoms with Gasteiger partial charge in [-0.05, 0) is 44.2 Å². The van der Waals surface area contributed by atoms with Crippen LogP contribution < -0.4 is 5.32 Å². The maximum Gasteiger partial charge on any atom is 0.248 e. The highest BCUT2D eigenvalue weighted by Crippen LogP contribution is 2.39. The topological polar surface area (TPSA) is 12.0 Å².